The number of hydrogen-bond acceptors (Lipinski definition) is 3. The highest BCUT2D eigenvalue weighted by molar-refractivity contribution is 7.09. The molecule has 3 heteroatoms. The van der Waals surface area contributed by atoms with Crippen molar-refractivity contribution in [3.8, 4) is 11.3 Å². The lowest BCUT2D eigenvalue weighted by molar-refractivity contribution is 0.372. The zero-order valence-corrected chi connectivity index (χ0v) is 11.2. The first-order valence-electron chi connectivity index (χ1n) is 6.62. The summed E-state index contributed by atoms with van der Waals surface area (Å²) in [5.74, 6) is 0.820. The molecule has 1 aliphatic heterocycles. The average molecular weight is 258 g/mol. The topological polar surface area (TPSA) is 24.9 Å². The van der Waals surface area contributed by atoms with Crippen LogP contribution in [0.25, 0.3) is 11.3 Å². The molecular formula is C15H18N2S. The fourth-order valence-corrected chi connectivity index (χ4v) is 3.40. The average Bonchev–Trinajstić information content (AvgIpc) is 2.89. The zero-order valence-electron chi connectivity index (χ0n) is 10.4. The van der Waals surface area contributed by atoms with E-state index < -0.39 is 0 Å². The smallest absolute Gasteiger partial charge is 0.0935 e. The van der Waals surface area contributed by atoms with E-state index in [2.05, 4.69) is 35.0 Å². The Kier molecular flexibility index (Phi) is 3.72. The maximum atomic E-state index is 4.77. The number of benzene rings is 1. The highest BCUT2D eigenvalue weighted by Crippen LogP contribution is 2.25. The van der Waals surface area contributed by atoms with E-state index in [0.717, 1.165) is 18.0 Å². The van der Waals surface area contributed by atoms with Gasteiger partial charge in [-0.05, 0) is 31.8 Å². The first-order valence-corrected chi connectivity index (χ1v) is 7.50. The fourth-order valence-electron chi connectivity index (χ4n) is 2.48. The molecule has 0 atom stereocenters. The van der Waals surface area contributed by atoms with Gasteiger partial charge >= 0.3 is 0 Å². The van der Waals surface area contributed by atoms with Crippen molar-refractivity contribution in [2.45, 2.75) is 19.3 Å². The van der Waals surface area contributed by atoms with Crippen LogP contribution in [0.5, 0.6) is 0 Å². The van der Waals surface area contributed by atoms with Gasteiger partial charge in [-0.15, -0.1) is 11.3 Å². The normalized spacial score (nSPS) is 16.9. The zero-order chi connectivity index (χ0) is 12.2. The molecular weight excluding hydrogens is 240 g/mol. The van der Waals surface area contributed by atoms with Gasteiger partial charge in [-0.2, -0.15) is 0 Å². The van der Waals surface area contributed by atoms with E-state index in [4.69, 9.17) is 4.98 Å². The molecule has 94 valence electrons. The Balaban J connectivity index is 1.69. The Morgan fingerprint density at radius 2 is 1.94 bits per heavy atom. The fraction of sp³-hybridized carbons (Fsp3) is 0.400. The summed E-state index contributed by atoms with van der Waals surface area (Å²) in [6.45, 7) is 2.34. The Morgan fingerprint density at radius 3 is 2.72 bits per heavy atom. The van der Waals surface area contributed by atoms with Crippen LogP contribution in [0.1, 0.15) is 17.8 Å². The van der Waals surface area contributed by atoms with Crippen LogP contribution in [0.3, 0.4) is 0 Å². The predicted octanol–water partition coefficient (Wildman–Crippen LogP) is 3.35. The SMILES string of the molecule is c1ccc(-c2csc(CC3CCNCC3)n2)cc1. The molecule has 1 aliphatic rings. The number of thiazole rings is 1. The number of rotatable bonds is 3. The van der Waals surface area contributed by atoms with Crippen LogP contribution in [0.2, 0.25) is 0 Å². The molecule has 0 unspecified atom stereocenters. The van der Waals surface area contributed by atoms with E-state index >= 15 is 0 Å². The van der Waals surface area contributed by atoms with Crippen LogP contribution in [-0.4, -0.2) is 18.1 Å². The van der Waals surface area contributed by atoms with Gasteiger partial charge < -0.3 is 5.32 Å². The van der Waals surface area contributed by atoms with Crippen molar-refractivity contribution in [1.82, 2.24) is 10.3 Å². The summed E-state index contributed by atoms with van der Waals surface area (Å²) in [5.41, 5.74) is 2.36. The summed E-state index contributed by atoms with van der Waals surface area (Å²) in [4.78, 5) is 4.77. The molecule has 2 nitrogen and oxygen atoms in total. The molecule has 2 heterocycles. The van der Waals surface area contributed by atoms with Gasteiger partial charge in [0.25, 0.3) is 0 Å². The number of piperidine rings is 1. The predicted molar refractivity (Wildman–Crippen MR) is 76.8 cm³/mol. The van der Waals surface area contributed by atoms with Crippen molar-refractivity contribution in [1.29, 1.82) is 0 Å². The van der Waals surface area contributed by atoms with Gasteiger partial charge in [-0.1, -0.05) is 30.3 Å². The molecule has 0 amide bonds. The second kappa shape index (κ2) is 5.63. The van der Waals surface area contributed by atoms with Crippen molar-refractivity contribution in [3.63, 3.8) is 0 Å². The highest BCUT2D eigenvalue weighted by Gasteiger charge is 2.15. The Labute approximate surface area is 112 Å². The monoisotopic (exact) mass is 258 g/mol. The third kappa shape index (κ3) is 2.79. The van der Waals surface area contributed by atoms with Crippen molar-refractivity contribution in [2.24, 2.45) is 5.92 Å². The number of nitrogens with one attached hydrogen (secondary N) is 1. The molecule has 18 heavy (non-hydrogen) atoms. The molecule has 1 aromatic heterocycles. The highest BCUT2D eigenvalue weighted by atomic mass is 32.1. The maximum Gasteiger partial charge on any atom is 0.0935 e. The number of hydrogen-bond donors (Lipinski definition) is 1. The molecule has 3 rings (SSSR count). The molecule has 0 aliphatic carbocycles. The van der Waals surface area contributed by atoms with Gasteiger partial charge in [0, 0.05) is 17.4 Å². The molecule has 1 saturated heterocycles. The van der Waals surface area contributed by atoms with Gasteiger partial charge in [-0.25, -0.2) is 4.98 Å². The maximum absolute atomic E-state index is 4.77. The Bertz CT molecular complexity index is 486. The van der Waals surface area contributed by atoms with Crippen molar-refractivity contribution < 1.29 is 0 Å². The molecule has 0 spiro atoms. The molecule has 0 saturated carbocycles. The van der Waals surface area contributed by atoms with Crippen LogP contribution < -0.4 is 5.32 Å². The molecule has 0 radical (unpaired) electrons. The lowest BCUT2D eigenvalue weighted by atomic mass is 9.95. The van der Waals surface area contributed by atoms with Crippen LogP contribution in [0, 0.1) is 5.92 Å². The lowest BCUT2D eigenvalue weighted by Gasteiger charge is -2.21. The second-order valence-electron chi connectivity index (χ2n) is 4.89. The summed E-state index contributed by atoms with van der Waals surface area (Å²) in [5, 5.41) is 6.89. The van der Waals surface area contributed by atoms with Gasteiger partial charge in [0.1, 0.15) is 0 Å². The van der Waals surface area contributed by atoms with E-state index in [0.29, 0.717) is 0 Å². The second-order valence-corrected chi connectivity index (χ2v) is 5.83. The minimum Gasteiger partial charge on any atom is -0.317 e. The molecule has 1 aromatic carbocycles. The van der Waals surface area contributed by atoms with Crippen molar-refractivity contribution in [2.75, 3.05) is 13.1 Å². The van der Waals surface area contributed by atoms with Gasteiger partial charge in [0.2, 0.25) is 0 Å². The molecule has 1 N–H and O–H groups in total. The number of nitrogens with zero attached hydrogens (tertiary/aromatic N) is 1. The molecule has 0 bridgehead atoms. The molecule has 2 aromatic rings. The summed E-state index contributed by atoms with van der Waals surface area (Å²) >= 11 is 1.81. The van der Waals surface area contributed by atoms with Gasteiger partial charge in [0.05, 0.1) is 10.7 Å². The molecule has 1 fully saturated rings. The quantitative estimate of drug-likeness (QED) is 0.913. The lowest BCUT2D eigenvalue weighted by Crippen LogP contribution is -2.28. The third-order valence-electron chi connectivity index (χ3n) is 3.54. The summed E-state index contributed by atoms with van der Waals surface area (Å²) in [7, 11) is 0. The van der Waals surface area contributed by atoms with E-state index in [1.54, 1.807) is 11.3 Å². The Morgan fingerprint density at radius 1 is 1.17 bits per heavy atom. The first kappa shape index (κ1) is 11.9. The summed E-state index contributed by atoms with van der Waals surface area (Å²) < 4.78 is 0. The Hall–Kier alpha value is -1.19. The van der Waals surface area contributed by atoms with Gasteiger partial charge in [-0.3, -0.25) is 0 Å². The van der Waals surface area contributed by atoms with E-state index in [1.165, 1.54) is 36.5 Å². The minimum atomic E-state index is 0.820. The van der Waals surface area contributed by atoms with Crippen LogP contribution in [0.4, 0.5) is 0 Å². The number of aromatic nitrogens is 1. The van der Waals surface area contributed by atoms with E-state index in [1.807, 2.05) is 6.07 Å². The first-order chi connectivity index (χ1) is 8.92. The summed E-state index contributed by atoms with van der Waals surface area (Å²) in [6, 6.07) is 10.4. The van der Waals surface area contributed by atoms with Crippen LogP contribution >= 0.6 is 11.3 Å². The van der Waals surface area contributed by atoms with Gasteiger partial charge in [0.15, 0.2) is 0 Å². The summed E-state index contributed by atoms with van der Waals surface area (Å²) in [6.07, 6.45) is 3.74. The van der Waals surface area contributed by atoms with E-state index in [-0.39, 0.29) is 0 Å². The van der Waals surface area contributed by atoms with Crippen LogP contribution in [0.15, 0.2) is 35.7 Å². The third-order valence-corrected chi connectivity index (χ3v) is 4.41. The van der Waals surface area contributed by atoms with Crippen LogP contribution in [-0.2, 0) is 6.42 Å². The minimum absolute atomic E-state index is 0.820. The standard InChI is InChI=1S/C15H18N2S/c1-2-4-13(5-3-1)14-11-18-15(17-14)10-12-6-8-16-9-7-12/h1-5,11-12,16H,6-10H2. The van der Waals surface area contributed by atoms with Crippen molar-refractivity contribution in [3.05, 3.63) is 40.7 Å². The largest absolute Gasteiger partial charge is 0.317 e. The van der Waals surface area contributed by atoms with Crippen molar-refractivity contribution >= 4 is 11.3 Å². The van der Waals surface area contributed by atoms with E-state index in [9.17, 15) is 0 Å².